The van der Waals surface area contributed by atoms with Crippen LogP contribution in [0, 0.1) is 0 Å². The van der Waals surface area contributed by atoms with Gasteiger partial charge in [0.25, 0.3) is 5.91 Å². The summed E-state index contributed by atoms with van der Waals surface area (Å²) in [5.74, 6) is -0.354. The summed E-state index contributed by atoms with van der Waals surface area (Å²) in [5.41, 5.74) is 1.82. The van der Waals surface area contributed by atoms with Crippen molar-refractivity contribution in [3.8, 4) is 0 Å². The Balaban J connectivity index is 2.05. The number of hydrogen-bond donors (Lipinski definition) is 0. The maximum absolute atomic E-state index is 13.0. The summed E-state index contributed by atoms with van der Waals surface area (Å²) < 4.78 is 6.65. The Morgan fingerprint density at radius 2 is 1.96 bits per heavy atom. The van der Waals surface area contributed by atoms with Gasteiger partial charge in [0.2, 0.25) is 0 Å². The van der Waals surface area contributed by atoms with Crippen molar-refractivity contribution < 1.29 is 14.3 Å². The quantitative estimate of drug-likeness (QED) is 0.565. The third kappa shape index (κ3) is 3.99. The maximum Gasteiger partial charge on any atom is 0.325 e. The van der Waals surface area contributed by atoms with Crippen molar-refractivity contribution in [3.05, 3.63) is 40.9 Å². The van der Waals surface area contributed by atoms with Crippen molar-refractivity contribution in [1.29, 1.82) is 0 Å². The number of hydrogen-bond acceptors (Lipinski definition) is 5. The van der Waals surface area contributed by atoms with Gasteiger partial charge in [0.1, 0.15) is 6.54 Å². The van der Waals surface area contributed by atoms with E-state index in [0.29, 0.717) is 4.91 Å². The van der Waals surface area contributed by atoms with Gasteiger partial charge >= 0.3 is 5.97 Å². The van der Waals surface area contributed by atoms with Crippen molar-refractivity contribution in [2.45, 2.75) is 46.3 Å². The number of thioether (sulfide) groups is 1. The average molecular weight is 400 g/mol. The summed E-state index contributed by atoms with van der Waals surface area (Å²) in [5, 5.41) is 1.72. The van der Waals surface area contributed by atoms with Crippen LogP contribution in [-0.2, 0) is 20.9 Å². The highest BCUT2D eigenvalue weighted by Crippen LogP contribution is 2.35. The molecule has 2 heterocycles. The molecule has 28 heavy (non-hydrogen) atoms. The summed E-state index contributed by atoms with van der Waals surface area (Å²) >= 11 is 1.40. The van der Waals surface area contributed by atoms with E-state index in [9.17, 15) is 9.59 Å². The van der Waals surface area contributed by atoms with Gasteiger partial charge in [-0.1, -0.05) is 18.2 Å². The smallest absolute Gasteiger partial charge is 0.325 e. The molecule has 0 atom stereocenters. The van der Waals surface area contributed by atoms with Crippen molar-refractivity contribution >= 4 is 45.8 Å². The Morgan fingerprint density at radius 1 is 1.25 bits per heavy atom. The van der Waals surface area contributed by atoms with Gasteiger partial charge in [0.05, 0.1) is 12.0 Å². The Kier molecular flexibility index (Phi) is 5.93. The van der Waals surface area contributed by atoms with E-state index in [-0.39, 0.29) is 30.5 Å². The van der Waals surface area contributed by atoms with Gasteiger partial charge in [-0.2, -0.15) is 0 Å². The molecule has 7 heteroatoms. The number of amides is 1. The molecule has 148 valence electrons. The fraction of sp³-hybridized carbons (Fsp3) is 0.381. The first-order valence-corrected chi connectivity index (χ1v) is 10.1. The normalized spacial score (nSPS) is 17.7. The molecule has 2 aromatic rings. The molecule has 1 aliphatic heterocycles. The maximum atomic E-state index is 13.0. The fourth-order valence-electron chi connectivity index (χ4n) is 3.12. The number of para-hydroxylation sites is 1. The van der Waals surface area contributed by atoms with Crippen LogP contribution in [0.3, 0.4) is 0 Å². The third-order valence-corrected chi connectivity index (χ3v) is 5.35. The van der Waals surface area contributed by atoms with Crippen LogP contribution in [0.25, 0.3) is 17.0 Å². The highest BCUT2D eigenvalue weighted by Gasteiger charge is 2.35. The zero-order valence-corrected chi connectivity index (χ0v) is 17.6. The van der Waals surface area contributed by atoms with Crippen LogP contribution in [0.2, 0.25) is 0 Å². The number of methoxy groups -OCH3 is 1. The number of benzene rings is 1. The molecule has 0 N–H and O–H groups in total. The number of aliphatic imine (C=N–C) groups is 1. The van der Waals surface area contributed by atoms with Gasteiger partial charge < -0.3 is 9.30 Å². The van der Waals surface area contributed by atoms with Crippen LogP contribution >= 0.6 is 11.8 Å². The van der Waals surface area contributed by atoms with Crippen LogP contribution < -0.4 is 0 Å². The SMILES string of the molecule is COC(=O)Cn1cc(/C=C2/SC(=NC(C)C)N(C(C)C)C2=O)c2ccccc21. The van der Waals surface area contributed by atoms with Gasteiger partial charge in [-0.05, 0) is 51.6 Å². The van der Waals surface area contributed by atoms with Gasteiger partial charge in [-0.3, -0.25) is 19.5 Å². The fourth-order valence-corrected chi connectivity index (χ4v) is 4.34. The van der Waals surface area contributed by atoms with E-state index in [1.165, 1.54) is 18.9 Å². The minimum Gasteiger partial charge on any atom is -0.468 e. The molecule has 0 radical (unpaired) electrons. The molecule has 6 nitrogen and oxygen atoms in total. The van der Waals surface area contributed by atoms with E-state index in [0.717, 1.165) is 21.6 Å². The van der Waals surface area contributed by atoms with E-state index in [4.69, 9.17) is 4.74 Å². The molecule has 0 spiro atoms. The Hall–Kier alpha value is -2.54. The number of esters is 1. The predicted octanol–water partition coefficient (Wildman–Crippen LogP) is 3.90. The predicted molar refractivity (Wildman–Crippen MR) is 114 cm³/mol. The lowest BCUT2D eigenvalue weighted by Gasteiger charge is -2.20. The standard InChI is InChI=1S/C21H25N3O3S/c1-13(2)22-21-24(14(3)4)20(26)18(28-21)10-15-11-23(12-19(25)27-5)17-9-7-6-8-16(15)17/h6-11,13-14H,12H2,1-5H3/b18-10+,22-21?. The largest absolute Gasteiger partial charge is 0.468 e. The van der Waals surface area contributed by atoms with Gasteiger partial charge in [0.15, 0.2) is 5.17 Å². The lowest BCUT2D eigenvalue weighted by atomic mass is 10.1. The molecule has 1 aromatic heterocycles. The number of ether oxygens (including phenoxy) is 1. The van der Waals surface area contributed by atoms with Crippen LogP contribution in [0.15, 0.2) is 40.4 Å². The van der Waals surface area contributed by atoms with E-state index < -0.39 is 0 Å². The average Bonchev–Trinajstić information content (AvgIpc) is 3.13. The Labute approximate surface area is 169 Å². The molecule has 1 aliphatic rings. The summed E-state index contributed by atoms with van der Waals surface area (Å²) in [6.45, 7) is 8.09. The van der Waals surface area contributed by atoms with Crippen LogP contribution in [0.5, 0.6) is 0 Å². The number of nitrogens with zero attached hydrogens (tertiary/aromatic N) is 3. The zero-order chi connectivity index (χ0) is 20.4. The van der Waals surface area contributed by atoms with Crippen molar-refractivity contribution in [2.24, 2.45) is 4.99 Å². The van der Waals surface area contributed by atoms with E-state index in [1.807, 2.05) is 68.8 Å². The van der Waals surface area contributed by atoms with Gasteiger partial charge in [0, 0.05) is 34.7 Å². The van der Waals surface area contributed by atoms with Crippen molar-refractivity contribution in [1.82, 2.24) is 9.47 Å². The molecule has 0 aliphatic carbocycles. The number of carbonyl (C=O) groups excluding carboxylic acids is 2. The monoisotopic (exact) mass is 399 g/mol. The van der Waals surface area contributed by atoms with Gasteiger partial charge in [-0.25, -0.2) is 0 Å². The molecule has 1 aromatic carbocycles. The second kappa shape index (κ2) is 8.22. The van der Waals surface area contributed by atoms with Gasteiger partial charge in [-0.15, -0.1) is 0 Å². The molecular formula is C21H25N3O3S. The van der Waals surface area contributed by atoms with E-state index in [1.54, 1.807) is 4.90 Å². The molecule has 1 amide bonds. The second-order valence-electron chi connectivity index (χ2n) is 7.19. The van der Waals surface area contributed by atoms with E-state index >= 15 is 0 Å². The first kappa shape index (κ1) is 20.2. The van der Waals surface area contributed by atoms with E-state index in [2.05, 4.69) is 4.99 Å². The van der Waals surface area contributed by atoms with Crippen molar-refractivity contribution in [2.75, 3.05) is 7.11 Å². The minimum absolute atomic E-state index is 0.0315. The molecular weight excluding hydrogens is 374 g/mol. The first-order valence-electron chi connectivity index (χ1n) is 9.27. The molecule has 0 bridgehead atoms. The number of carbonyl (C=O) groups is 2. The lowest BCUT2D eigenvalue weighted by Crippen LogP contribution is -2.35. The van der Waals surface area contributed by atoms with Crippen LogP contribution in [0.4, 0.5) is 0 Å². The minimum atomic E-state index is -0.316. The molecule has 3 rings (SSSR count). The topological polar surface area (TPSA) is 63.9 Å². The highest BCUT2D eigenvalue weighted by molar-refractivity contribution is 8.18. The number of aromatic nitrogens is 1. The zero-order valence-electron chi connectivity index (χ0n) is 16.8. The molecule has 1 fully saturated rings. The molecule has 0 unspecified atom stereocenters. The number of amidine groups is 1. The number of rotatable bonds is 5. The second-order valence-corrected chi connectivity index (χ2v) is 8.20. The summed E-state index contributed by atoms with van der Waals surface area (Å²) in [4.78, 5) is 31.7. The highest BCUT2D eigenvalue weighted by atomic mass is 32.2. The summed E-state index contributed by atoms with van der Waals surface area (Å²) in [7, 11) is 1.38. The third-order valence-electron chi connectivity index (χ3n) is 4.36. The van der Waals surface area contributed by atoms with Crippen LogP contribution in [-0.4, -0.2) is 45.7 Å². The lowest BCUT2D eigenvalue weighted by molar-refractivity contribution is -0.141. The first-order chi connectivity index (χ1) is 13.3. The van der Waals surface area contributed by atoms with Crippen LogP contribution in [0.1, 0.15) is 33.3 Å². The van der Waals surface area contributed by atoms with Crippen molar-refractivity contribution in [3.63, 3.8) is 0 Å². The summed E-state index contributed by atoms with van der Waals surface area (Å²) in [6, 6.07) is 7.96. The number of fused-ring (bicyclic) bond motifs is 1. The Morgan fingerprint density at radius 3 is 2.61 bits per heavy atom. The molecule has 0 saturated carbocycles. The molecule has 1 saturated heterocycles. The summed E-state index contributed by atoms with van der Waals surface area (Å²) in [6.07, 6.45) is 3.78. The Bertz CT molecular complexity index is 972.